The molecule has 0 radical (unpaired) electrons. The predicted octanol–water partition coefficient (Wildman–Crippen LogP) is 2.07. The van der Waals surface area contributed by atoms with Crippen LogP contribution in [0.25, 0.3) is 0 Å². The summed E-state index contributed by atoms with van der Waals surface area (Å²) in [5.74, 6) is 1.06. The van der Waals surface area contributed by atoms with E-state index in [0.29, 0.717) is 11.9 Å². The summed E-state index contributed by atoms with van der Waals surface area (Å²) >= 11 is 0. The summed E-state index contributed by atoms with van der Waals surface area (Å²) in [5, 5.41) is 6.65. The molecule has 2 aliphatic rings. The minimum atomic E-state index is -0.127. The van der Waals surface area contributed by atoms with Crippen molar-refractivity contribution in [1.82, 2.24) is 10.6 Å². The Labute approximate surface area is 105 Å². The van der Waals surface area contributed by atoms with E-state index in [1.54, 1.807) is 0 Å². The van der Waals surface area contributed by atoms with Crippen molar-refractivity contribution in [3.05, 3.63) is 0 Å². The molecule has 1 heterocycles. The van der Waals surface area contributed by atoms with Crippen molar-refractivity contribution in [3.8, 4) is 0 Å². The Morgan fingerprint density at radius 1 is 1.47 bits per heavy atom. The SMILES string of the molecule is CCCC1CC1NC(=O)C1(CC)CCCNC1. The number of hydrogen-bond acceptors (Lipinski definition) is 2. The van der Waals surface area contributed by atoms with Gasteiger partial charge in [-0.25, -0.2) is 0 Å². The average Bonchev–Trinajstić information content (AvgIpc) is 3.08. The maximum absolute atomic E-state index is 12.4. The first-order valence-electron chi connectivity index (χ1n) is 7.23. The van der Waals surface area contributed by atoms with Crippen LogP contribution >= 0.6 is 0 Å². The molecule has 3 atom stereocenters. The molecule has 98 valence electrons. The van der Waals surface area contributed by atoms with E-state index in [0.717, 1.165) is 38.3 Å². The van der Waals surface area contributed by atoms with E-state index in [2.05, 4.69) is 24.5 Å². The monoisotopic (exact) mass is 238 g/mol. The molecular weight excluding hydrogens is 212 g/mol. The van der Waals surface area contributed by atoms with E-state index >= 15 is 0 Å². The quantitative estimate of drug-likeness (QED) is 0.770. The molecule has 3 nitrogen and oxygen atoms in total. The molecular formula is C14H26N2O. The van der Waals surface area contributed by atoms with Crippen LogP contribution in [0.2, 0.25) is 0 Å². The third kappa shape index (κ3) is 2.82. The summed E-state index contributed by atoms with van der Waals surface area (Å²) in [7, 11) is 0. The van der Waals surface area contributed by atoms with Gasteiger partial charge in [-0.2, -0.15) is 0 Å². The highest BCUT2D eigenvalue weighted by Gasteiger charge is 2.43. The van der Waals surface area contributed by atoms with Gasteiger partial charge in [0, 0.05) is 12.6 Å². The lowest BCUT2D eigenvalue weighted by molar-refractivity contribution is -0.132. The minimum Gasteiger partial charge on any atom is -0.353 e. The summed E-state index contributed by atoms with van der Waals surface area (Å²) in [5.41, 5.74) is -0.127. The van der Waals surface area contributed by atoms with Gasteiger partial charge in [0.2, 0.25) is 5.91 Å². The minimum absolute atomic E-state index is 0.127. The van der Waals surface area contributed by atoms with Crippen molar-refractivity contribution >= 4 is 5.91 Å². The molecule has 0 aromatic carbocycles. The van der Waals surface area contributed by atoms with Gasteiger partial charge in [0.15, 0.2) is 0 Å². The van der Waals surface area contributed by atoms with Crippen molar-refractivity contribution < 1.29 is 4.79 Å². The topological polar surface area (TPSA) is 41.1 Å². The van der Waals surface area contributed by atoms with E-state index in [1.165, 1.54) is 19.3 Å². The third-order valence-electron chi connectivity index (χ3n) is 4.53. The lowest BCUT2D eigenvalue weighted by atomic mass is 9.77. The zero-order chi connectivity index (χ0) is 12.3. The van der Waals surface area contributed by atoms with Crippen molar-refractivity contribution in [1.29, 1.82) is 0 Å². The molecule has 3 unspecified atom stereocenters. The Balaban J connectivity index is 1.85. The van der Waals surface area contributed by atoms with Crippen LogP contribution in [0.5, 0.6) is 0 Å². The van der Waals surface area contributed by atoms with Crippen molar-refractivity contribution in [3.63, 3.8) is 0 Å². The Morgan fingerprint density at radius 3 is 2.88 bits per heavy atom. The van der Waals surface area contributed by atoms with Gasteiger partial charge in [-0.3, -0.25) is 4.79 Å². The first-order chi connectivity index (χ1) is 8.22. The zero-order valence-corrected chi connectivity index (χ0v) is 11.2. The maximum Gasteiger partial charge on any atom is 0.227 e. The number of carbonyl (C=O) groups excluding carboxylic acids is 1. The third-order valence-corrected chi connectivity index (χ3v) is 4.53. The molecule has 1 saturated carbocycles. The summed E-state index contributed by atoms with van der Waals surface area (Å²) in [4.78, 5) is 12.4. The van der Waals surface area contributed by atoms with Crippen molar-refractivity contribution in [2.75, 3.05) is 13.1 Å². The smallest absolute Gasteiger partial charge is 0.227 e. The van der Waals surface area contributed by atoms with Gasteiger partial charge in [0.25, 0.3) is 0 Å². The highest BCUT2D eigenvalue weighted by Crippen LogP contribution is 2.37. The van der Waals surface area contributed by atoms with Crippen LogP contribution in [0, 0.1) is 11.3 Å². The van der Waals surface area contributed by atoms with Gasteiger partial charge in [0.05, 0.1) is 5.41 Å². The van der Waals surface area contributed by atoms with E-state index in [9.17, 15) is 4.79 Å². The molecule has 1 amide bonds. The lowest BCUT2D eigenvalue weighted by Gasteiger charge is -2.35. The Morgan fingerprint density at radius 2 is 2.29 bits per heavy atom. The summed E-state index contributed by atoms with van der Waals surface area (Å²) in [6, 6.07) is 0.479. The van der Waals surface area contributed by atoms with Crippen LogP contribution in [0.15, 0.2) is 0 Å². The molecule has 1 aliphatic heterocycles. The zero-order valence-electron chi connectivity index (χ0n) is 11.2. The van der Waals surface area contributed by atoms with Gasteiger partial charge in [-0.05, 0) is 44.6 Å². The molecule has 2 rings (SSSR count). The second kappa shape index (κ2) is 5.38. The van der Waals surface area contributed by atoms with E-state index in [4.69, 9.17) is 0 Å². The van der Waals surface area contributed by atoms with Gasteiger partial charge in [-0.1, -0.05) is 20.3 Å². The van der Waals surface area contributed by atoms with E-state index in [1.807, 2.05) is 0 Å². The van der Waals surface area contributed by atoms with Crippen LogP contribution in [0.4, 0.5) is 0 Å². The lowest BCUT2D eigenvalue weighted by Crippen LogP contribution is -2.50. The largest absolute Gasteiger partial charge is 0.353 e. The standard InChI is InChI=1S/C14H26N2O/c1-3-6-11-9-12(11)16-13(17)14(4-2)7-5-8-15-10-14/h11-12,15H,3-10H2,1-2H3,(H,16,17). The molecule has 2 N–H and O–H groups in total. The van der Waals surface area contributed by atoms with E-state index < -0.39 is 0 Å². The Hall–Kier alpha value is -0.570. The molecule has 3 heteroatoms. The highest BCUT2D eigenvalue weighted by atomic mass is 16.2. The number of rotatable bonds is 5. The van der Waals surface area contributed by atoms with Crippen LogP contribution in [-0.2, 0) is 4.79 Å². The maximum atomic E-state index is 12.4. The predicted molar refractivity (Wildman–Crippen MR) is 69.8 cm³/mol. The number of hydrogen-bond donors (Lipinski definition) is 2. The first-order valence-corrected chi connectivity index (χ1v) is 7.23. The molecule has 17 heavy (non-hydrogen) atoms. The van der Waals surface area contributed by atoms with Crippen molar-refractivity contribution in [2.24, 2.45) is 11.3 Å². The number of amides is 1. The number of nitrogens with one attached hydrogen (secondary N) is 2. The average molecular weight is 238 g/mol. The summed E-state index contributed by atoms with van der Waals surface area (Å²) < 4.78 is 0. The molecule has 2 fully saturated rings. The second-order valence-corrected chi connectivity index (χ2v) is 5.78. The fourth-order valence-electron chi connectivity index (χ4n) is 3.06. The molecule has 1 saturated heterocycles. The normalized spacial score (nSPS) is 36.6. The summed E-state index contributed by atoms with van der Waals surface area (Å²) in [6.07, 6.45) is 6.83. The second-order valence-electron chi connectivity index (χ2n) is 5.78. The van der Waals surface area contributed by atoms with Gasteiger partial charge >= 0.3 is 0 Å². The van der Waals surface area contributed by atoms with Crippen LogP contribution in [-0.4, -0.2) is 25.0 Å². The fraction of sp³-hybridized carbons (Fsp3) is 0.929. The number of piperidine rings is 1. The first kappa shape index (κ1) is 12.9. The molecule has 0 spiro atoms. The van der Waals surface area contributed by atoms with Crippen LogP contribution in [0.3, 0.4) is 0 Å². The van der Waals surface area contributed by atoms with Gasteiger partial charge < -0.3 is 10.6 Å². The molecule has 0 aromatic heterocycles. The van der Waals surface area contributed by atoms with Crippen molar-refractivity contribution in [2.45, 2.75) is 58.4 Å². The molecule has 0 aromatic rings. The Bertz CT molecular complexity index is 271. The Kier molecular flexibility index (Phi) is 4.08. The van der Waals surface area contributed by atoms with Crippen LogP contribution < -0.4 is 10.6 Å². The molecule has 0 bridgehead atoms. The summed E-state index contributed by atoms with van der Waals surface area (Å²) in [6.45, 7) is 6.29. The fourth-order valence-corrected chi connectivity index (χ4v) is 3.06. The van der Waals surface area contributed by atoms with E-state index in [-0.39, 0.29) is 5.41 Å². The molecule has 1 aliphatic carbocycles. The van der Waals surface area contributed by atoms with Gasteiger partial charge in [0.1, 0.15) is 0 Å². The van der Waals surface area contributed by atoms with Gasteiger partial charge in [-0.15, -0.1) is 0 Å². The number of carbonyl (C=O) groups is 1. The van der Waals surface area contributed by atoms with Crippen LogP contribution in [0.1, 0.15) is 52.4 Å². The highest BCUT2D eigenvalue weighted by molar-refractivity contribution is 5.83.